The zero-order valence-corrected chi connectivity index (χ0v) is 11.7. The number of anilines is 2. The lowest BCUT2D eigenvalue weighted by molar-refractivity contribution is 0.419. The molecule has 4 nitrogen and oxygen atoms in total. The molecule has 0 bridgehead atoms. The zero-order valence-electron chi connectivity index (χ0n) is 10.1. The molecule has 18 heavy (non-hydrogen) atoms. The summed E-state index contributed by atoms with van der Waals surface area (Å²) < 4.78 is 9.27. The molecule has 1 unspecified atom stereocenters. The van der Waals surface area contributed by atoms with Gasteiger partial charge in [-0.2, -0.15) is 4.37 Å². The van der Waals surface area contributed by atoms with Crippen LogP contribution in [0.5, 0.6) is 5.75 Å². The van der Waals surface area contributed by atoms with E-state index in [1.54, 1.807) is 7.11 Å². The summed E-state index contributed by atoms with van der Waals surface area (Å²) in [6.07, 6.45) is 0. The van der Waals surface area contributed by atoms with E-state index in [0.29, 0.717) is 11.6 Å². The number of hydrogen-bond acceptors (Lipinski definition) is 5. The third-order valence-corrected chi connectivity index (χ3v) is 3.58. The molecule has 0 fully saturated rings. The van der Waals surface area contributed by atoms with Crippen molar-refractivity contribution in [1.82, 2.24) is 4.37 Å². The van der Waals surface area contributed by atoms with E-state index in [4.69, 9.17) is 22.1 Å². The van der Waals surface area contributed by atoms with Gasteiger partial charge in [0.1, 0.15) is 0 Å². The first-order chi connectivity index (χ1) is 8.61. The maximum Gasteiger partial charge on any atom is 0.197 e. The summed E-state index contributed by atoms with van der Waals surface area (Å²) in [6.45, 7) is 2.04. The molecule has 0 aliphatic rings. The highest BCUT2D eigenvalue weighted by molar-refractivity contribution is 7.11. The summed E-state index contributed by atoms with van der Waals surface area (Å²) in [5.74, 6) is 0.997. The smallest absolute Gasteiger partial charge is 0.197 e. The number of nitrogens with zero attached hydrogens (tertiary/aromatic N) is 1. The Labute approximate surface area is 115 Å². The van der Waals surface area contributed by atoms with E-state index in [1.807, 2.05) is 31.2 Å². The molecule has 0 amide bonds. The zero-order chi connectivity index (χ0) is 13.1. The van der Waals surface area contributed by atoms with Crippen LogP contribution in [0.2, 0.25) is 5.02 Å². The summed E-state index contributed by atoms with van der Waals surface area (Å²) in [5, 5.41) is 4.86. The van der Waals surface area contributed by atoms with E-state index >= 15 is 0 Å². The second-order valence-corrected chi connectivity index (χ2v) is 5.06. The highest BCUT2D eigenvalue weighted by Gasteiger charge is 2.14. The van der Waals surface area contributed by atoms with Gasteiger partial charge in [0.25, 0.3) is 0 Å². The molecule has 1 aromatic heterocycles. The number of aromatic nitrogens is 1. The average Bonchev–Trinajstić information content (AvgIpc) is 2.69. The Morgan fingerprint density at radius 3 is 2.94 bits per heavy atom. The molecule has 0 radical (unpaired) electrons. The first kappa shape index (κ1) is 13.0. The van der Waals surface area contributed by atoms with E-state index in [1.165, 1.54) is 11.5 Å². The van der Waals surface area contributed by atoms with Crippen molar-refractivity contribution in [3.8, 4) is 5.75 Å². The van der Waals surface area contributed by atoms with E-state index < -0.39 is 0 Å². The van der Waals surface area contributed by atoms with Crippen molar-refractivity contribution in [3.63, 3.8) is 0 Å². The molecule has 96 valence electrons. The van der Waals surface area contributed by atoms with Gasteiger partial charge in [0.2, 0.25) is 0 Å². The van der Waals surface area contributed by atoms with Crippen molar-refractivity contribution in [2.24, 2.45) is 0 Å². The van der Waals surface area contributed by atoms with Crippen molar-refractivity contribution in [2.75, 3.05) is 18.2 Å². The number of rotatable bonds is 4. The fraction of sp³-hybridized carbons (Fsp3) is 0.250. The summed E-state index contributed by atoms with van der Waals surface area (Å²) in [7, 11) is 1.58. The highest BCUT2D eigenvalue weighted by atomic mass is 35.5. The lowest BCUT2D eigenvalue weighted by atomic mass is 10.1. The molecule has 1 atom stereocenters. The van der Waals surface area contributed by atoms with Gasteiger partial charge in [-0.1, -0.05) is 23.7 Å². The van der Waals surface area contributed by atoms with Gasteiger partial charge in [0, 0.05) is 11.1 Å². The number of nitrogen functional groups attached to an aromatic ring is 1. The number of nitrogens with one attached hydrogen (secondary N) is 1. The number of ether oxygens (including phenoxy) is 1. The van der Waals surface area contributed by atoms with Crippen LogP contribution in [0.4, 0.5) is 10.8 Å². The van der Waals surface area contributed by atoms with Crippen LogP contribution in [-0.4, -0.2) is 11.5 Å². The van der Waals surface area contributed by atoms with Crippen molar-refractivity contribution in [2.45, 2.75) is 13.0 Å². The topological polar surface area (TPSA) is 60.2 Å². The molecule has 1 heterocycles. The molecule has 1 aromatic carbocycles. The van der Waals surface area contributed by atoms with Crippen molar-refractivity contribution >= 4 is 34.0 Å². The van der Waals surface area contributed by atoms with Crippen LogP contribution < -0.4 is 15.8 Å². The van der Waals surface area contributed by atoms with Gasteiger partial charge in [0.05, 0.1) is 7.11 Å². The number of halogens is 1. The number of methoxy groups -OCH3 is 1. The molecule has 2 aromatic rings. The van der Waals surface area contributed by atoms with Gasteiger partial charge in [-0.3, -0.25) is 0 Å². The largest absolute Gasteiger partial charge is 0.490 e. The Bertz CT molecular complexity index is 544. The molecule has 3 N–H and O–H groups in total. The minimum absolute atomic E-state index is 0.0949. The third-order valence-electron chi connectivity index (χ3n) is 2.57. The number of nitrogens with two attached hydrogens (primary N) is 1. The molecule has 6 heteroatoms. The fourth-order valence-electron chi connectivity index (χ4n) is 1.64. The fourth-order valence-corrected chi connectivity index (χ4v) is 2.61. The van der Waals surface area contributed by atoms with Crippen molar-refractivity contribution in [3.05, 3.63) is 34.9 Å². The summed E-state index contributed by atoms with van der Waals surface area (Å²) in [5.41, 5.74) is 6.80. The van der Waals surface area contributed by atoms with Crippen LogP contribution in [0, 0.1) is 0 Å². The average molecular weight is 284 g/mol. The standard InChI is InChI=1S/C12H14ClN3OS/c1-7(8-4-3-5-9(13)6-8)15-12-10(17-2)11(14)16-18-12/h3-7,15H,1-2H3,(H2,14,16). The maximum absolute atomic E-state index is 5.97. The number of benzene rings is 1. The first-order valence-corrected chi connectivity index (χ1v) is 6.58. The third kappa shape index (κ3) is 2.68. The van der Waals surface area contributed by atoms with Crippen LogP contribution in [0.3, 0.4) is 0 Å². The van der Waals surface area contributed by atoms with Gasteiger partial charge in [-0.25, -0.2) is 0 Å². The van der Waals surface area contributed by atoms with E-state index in [-0.39, 0.29) is 6.04 Å². The molecular weight excluding hydrogens is 270 g/mol. The lowest BCUT2D eigenvalue weighted by Gasteiger charge is -2.15. The quantitative estimate of drug-likeness (QED) is 0.901. The lowest BCUT2D eigenvalue weighted by Crippen LogP contribution is -2.06. The monoisotopic (exact) mass is 283 g/mol. The predicted octanol–water partition coefficient (Wildman–Crippen LogP) is 3.56. The highest BCUT2D eigenvalue weighted by Crippen LogP contribution is 2.37. The van der Waals surface area contributed by atoms with Gasteiger partial charge in [0.15, 0.2) is 16.6 Å². The van der Waals surface area contributed by atoms with Crippen LogP contribution in [0.25, 0.3) is 0 Å². The minimum atomic E-state index is 0.0949. The predicted molar refractivity (Wildman–Crippen MR) is 76.6 cm³/mol. The van der Waals surface area contributed by atoms with Gasteiger partial charge in [-0.15, -0.1) is 0 Å². The van der Waals surface area contributed by atoms with E-state index in [9.17, 15) is 0 Å². The minimum Gasteiger partial charge on any atom is -0.490 e. The summed E-state index contributed by atoms with van der Waals surface area (Å²) >= 11 is 7.26. The van der Waals surface area contributed by atoms with Gasteiger partial charge >= 0.3 is 0 Å². The SMILES string of the molecule is COc1c(N)nsc1NC(C)c1cccc(Cl)c1. The van der Waals surface area contributed by atoms with Crippen LogP contribution in [-0.2, 0) is 0 Å². The molecule has 0 aliphatic heterocycles. The normalized spacial score (nSPS) is 12.2. The molecule has 0 saturated carbocycles. The van der Waals surface area contributed by atoms with Crippen molar-refractivity contribution in [1.29, 1.82) is 0 Å². The number of hydrogen-bond donors (Lipinski definition) is 2. The molecule has 0 spiro atoms. The Morgan fingerprint density at radius 1 is 1.50 bits per heavy atom. The van der Waals surface area contributed by atoms with Crippen LogP contribution in [0.1, 0.15) is 18.5 Å². The van der Waals surface area contributed by atoms with E-state index in [0.717, 1.165) is 15.6 Å². The summed E-state index contributed by atoms with van der Waals surface area (Å²) in [6, 6.07) is 7.81. The van der Waals surface area contributed by atoms with Gasteiger partial charge in [-0.05, 0) is 36.2 Å². The second-order valence-electron chi connectivity index (χ2n) is 3.85. The molecular formula is C12H14ClN3OS. The molecule has 2 rings (SSSR count). The maximum atomic E-state index is 5.97. The Balaban J connectivity index is 2.18. The Hall–Kier alpha value is -1.46. The van der Waals surface area contributed by atoms with Crippen LogP contribution in [0.15, 0.2) is 24.3 Å². The van der Waals surface area contributed by atoms with E-state index in [2.05, 4.69) is 9.69 Å². The second kappa shape index (κ2) is 5.46. The summed E-state index contributed by atoms with van der Waals surface area (Å²) in [4.78, 5) is 0. The Kier molecular flexibility index (Phi) is 3.93. The van der Waals surface area contributed by atoms with Crippen LogP contribution >= 0.6 is 23.1 Å². The first-order valence-electron chi connectivity index (χ1n) is 5.43. The van der Waals surface area contributed by atoms with Gasteiger partial charge < -0.3 is 15.8 Å². The van der Waals surface area contributed by atoms with Crippen molar-refractivity contribution < 1.29 is 4.74 Å². The molecule has 0 saturated heterocycles. The molecule has 0 aliphatic carbocycles. The Morgan fingerprint density at radius 2 is 2.28 bits per heavy atom.